The summed E-state index contributed by atoms with van der Waals surface area (Å²) in [5.41, 5.74) is 9.10. The molecule has 1 aliphatic rings. The second-order valence-corrected chi connectivity index (χ2v) is 4.93. The quantitative estimate of drug-likeness (QED) is 0.697. The van der Waals surface area contributed by atoms with Crippen molar-refractivity contribution in [2.75, 3.05) is 29.3 Å². The van der Waals surface area contributed by atoms with E-state index in [0.717, 1.165) is 16.9 Å². The monoisotopic (exact) mass is 253 g/mol. The third-order valence-corrected chi connectivity index (χ3v) is 3.91. The molecule has 1 aromatic rings. The first-order valence-electron chi connectivity index (χ1n) is 5.16. The number of carboxylic acids is 1. The van der Waals surface area contributed by atoms with Crippen molar-refractivity contribution in [2.45, 2.75) is 12.4 Å². The highest BCUT2D eigenvalue weighted by Gasteiger charge is 2.29. The number of nitrogens with zero attached hydrogens (tertiary/aromatic N) is 1. The number of aromatic carboxylic acids is 1. The van der Waals surface area contributed by atoms with E-state index in [1.54, 1.807) is 17.8 Å². The van der Waals surface area contributed by atoms with Crippen LogP contribution in [0, 0.1) is 6.92 Å². The number of carboxylic acid groups (broad SMARTS) is 1. The summed E-state index contributed by atoms with van der Waals surface area (Å²) in [4.78, 5) is 13.1. The van der Waals surface area contributed by atoms with Gasteiger partial charge in [0.1, 0.15) is 5.50 Å². The summed E-state index contributed by atoms with van der Waals surface area (Å²) < 4.78 is 0. The Morgan fingerprint density at radius 1 is 1.65 bits per heavy atom. The van der Waals surface area contributed by atoms with Gasteiger partial charge in [-0.25, -0.2) is 4.79 Å². The maximum Gasteiger partial charge on any atom is 0.337 e. The molecule has 0 saturated carbocycles. The highest BCUT2D eigenvalue weighted by molar-refractivity contribution is 7.99. The Morgan fingerprint density at radius 2 is 2.29 bits per heavy atom. The van der Waals surface area contributed by atoms with Crippen LogP contribution in [0.1, 0.15) is 15.9 Å². The summed E-state index contributed by atoms with van der Waals surface area (Å²) in [6, 6.07) is 1.60. The molecule has 2 rings (SSSR count). The van der Waals surface area contributed by atoms with E-state index in [1.165, 1.54) is 0 Å². The summed E-state index contributed by atoms with van der Waals surface area (Å²) >= 11 is 1.65. The molecule has 4 N–H and O–H groups in total. The number of nitrogens with two attached hydrogens (primary N) is 1. The van der Waals surface area contributed by atoms with Crippen LogP contribution in [0.15, 0.2) is 6.07 Å². The molecule has 1 unspecified atom stereocenters. The predicted octanol–water partition coefficient (Wildman–Crippen LogP) is 1.78. The SMILES string of the molecule is CSC1Nc2cc(C(=O)O)c(N)c(C)c2N1C. The normalized spacial score (nSPS) is 17.8. The minimum atomic E-state index is -0.995. The van der Waals surface area contributed by atoms with Crippen molar-refractivity contribution in [3.63, 3.8) is 0 Å². The van der Waals surface area contributed by atoms with Crippen molar-refractivity contribution in [1.82, 2.24) is 0 Å². The molecule has 1 aliphatic heterocycles. The van der Waals surface area contributed by atoms with E-state index in [-0.39, 0.29) is 11.1 Å². The predicted molar refractivity (Wildman–Crippen MR) is 71.9 cm³/mol. The Bertz CT molecular complexity index is 490. The van der Waals surface area contributed by atoms with E-state index in [2.05, 4.69) is 10.2 Å². The number of hydrogen-bond donors (Lipinski definition) is 3. The summed E-state index contributed by atoms with van der Waals surface area (Å²) in [6.07, 6.45) is 2.00. The molecule has 0 amide bonds. The third kappa shape index (κ3) is 1.68. The molecule has 0 fully saturated rings. The van der Waals surface area contributed by atoms with Crippen LogP contribution in [0.4, 0.5) is 17.1 Å². The van der Waals surface area contributed by atoms with E-state index in [4.69, 9.17) is 10.8 Å². The zero-order valence-electron chi connectivity index (χ0n) is 9.94. The van der Waals surface area contributed by atoms with Gasteiger partial charge in [0.15, 0.2) is 0 Å². The third-order valence-electron chi connectivity index (χ3n) is 3.03. The number of rotatable bonds is 2. The maximum atomic E-state index is 11.1. The molecular weight excluding hydrogens is 238 g/mol. The molecule has 0 spiro atoms. The lowest BCUT2D eigenvalue weighted by Crippen LogP contribution is -2.28. The second kappa shape index (κ2) is 4.03. The molecule has 0 saturated heterocycles. The van der Waals surface area contributed by atoms with Crippen LogP contribution in [0.25, 0.3) is 0 Å². The van der Waals surface area contributed by atoms with Crippen LogP contribution in [0.5, 0.6) is 0 Å². The number of hydrogen-bond acceptors (Lipinski definition) is 5. The lowest BCUT2D eigenvalue weighted by Gasteiger charge is -2.21. The average Bonchev–Trinajstić information content (AvgIpc) is 2.60. The maximum absolute atomic E-state index is 11.1. The van der Waals surface area contributed by atoms with Crippen LogP contribution < -0.4 is 16.0 Å². The summed E-state index contributed by atoms with van der Waals surface area (Å²) in [6.45, 7) is 1.85. The molecule has 17 heavy (non-hydrogen) atoms. The highest BCUT2D eigenvalue weighted by Crippen LogP contribution is 2.42. The first-order chi connectivity index (χ1) is 7.97. The van der Waals surface area contributed by atoms with Crippen molar-refractivity contribution >= 4 is 34.8 Å². The van der Waals surface area contributed by atoms with E-state index in [9.17, 15) is 4.79 Å². The highest BCUT2D eigenvalue weighted by atomic mass is 32.2. The molecule has 0 bridgehead atoms. The van der Waals surface area contributed by atoms with Crippen LogP contribution in [-0.2, 0) is 0 Å². The Morgan fingerprint density at radius 3 is 2.82 bits per heavy atom. The molecule has 1 atom stereocenters. The first kappa shape index (κ1) is 11.9. The number of benzene rings is 1. The fourth-order valence-electron chi connectivity index (χ4n) is 2.13. The molecule has 0 aliphatic carbocycles. The molecular formula is C11H15N3O2S. The first-order valence-corrected chi connectivity index (χ1v) is 6.44. The summed E-state index contributed by atoms with van der Waals surface area (Å²) in [7, 11) is 1.97. The number of anilines is 3. The topological polar surface area (TPSA) is 78.6 Å². The van der Waals surface area contributed by atoms with Gasteiger partial charge >= 0.3 is 5.97 Å². The van der Waals surface area contributed by atoms with Crippen molar-refractivity contribution in [2.24, 2.45) is 0 Å². The number of fused-ring (bicyclic) bond motifs is 1. The lowest BCUT2D eigenvalue weighted by atomic mass is 10.0. The van der Waals surface area contributed by atoms with E-state index in [0.29, 0.717) is 5.69 Å². The Hall–Kier alpha value is -1.56. The fraction of sp³-hybridized carbons (Fsp3) is 0.364. The molecule has 1 aromatic carbocycles. The Labute approximate surface area is 104 Å². The van der Waals surface area contributed by atoms with Gasteiger partial charge in [0, 0.05) is 7.05 Å². The standard InChI is InChI=1S/C11H15N3O2S/c1-5-8(12)6(10(15)16)4-7-9(5)14(2)11(13-7)17-3/h4,11,13H,12H2,1-3H3,(H,15,16). The smallest absolute Gasteiger partial charge is 0.337 e. The molecule has 0 radical (unpaired) electrons. The molecule has 6 heteroatoms. The summed E-state index contributed by atoms with van der Waals surface area (Å²) in [5, 5.41) is 12.4. The van der Waals surface area contributed by atoms with Gasteiger partial charge in [-0.1, -0.05) is 0 Å². The zero-order chi connectivity index (χ0) is 12.7. The van der Waals surface area contributed by atoms with Crippen molar-refractivity contribution in [3.8, 4) is 0 Å². The van der Waals surface area contributed by atoms with Crippen LogP contribution in [-0.4, -0.2) is 29.9 Å². The van der Waals surface area contributed by atoms with Gasteiger partial charge < -0.3 is 21.1 Å². The van der Waals surface area contributed by atoms with Crippen LogP contribution >= 0.6 is 11.8 Å². The molecule has 92 valence electrons. The fourth-order valence-corrected chi connectivity index (χ4v) is 2.79. The van der Waals surface area contributed by atoms with Gasteiger partial charge in [-0.15, -0.1) is 11.8 Å². The minimum absolute atomic E-state index is 0.118. The summed E-state index contributed by atoms with van der Waals surface area (Å²) in [5.74, 6) is -0.995. The number of thioether (sulfide) groups is 1. The second-order valence-electron chi connectivity index (χ2n) is 4.01. The molecule has 1 heterocycles. The van der Waals surface area contributed by atoms with Crippen LogP contribution in [0.3, 0.4) is 0 Å². The van der Waals surface area contributed by atoms with Gasteiger partial charge in [0.2, 0.25) is 0 Å². The number of nitrogen functional groups attached to an aromatic ring is 1. The van der Waals surface area contributed by atoms with E-state index < -0.39 is 5.97 Å². The number of carbonyl (C=O) groups is 1. The lowest BCUT2D eigenvalue weighted by molar-refractivity contribution is 0.0698. The van der Waals surface area contributed by atoms with Crippen molar-refractivity contribution < 1.29 is 9.90 Å². The minimum Gasteiger partial charge on any atom is -0.478 e. The van der Waals surface area contributed by atoms with Gasteiger partial charge in [-0.05, 0) is 24.8 Å². The molecule has 5 nitrogen and oxygen atoms in total. The van der Waals surface area contributed by atoms with E-state index in [1.807, 2.05) is 20.2 Å². The average molecular weight is 253 g/mol. The van der Waals surface area contributed by atoms with Crippen LogP contribution in [0.2, 0.25) is 0 Å². The van der Waals surface area contributed by atoms with Crippen molar-refractivity contribution in [1.29, 1.82) is 0 Å². The Balaban J connectivity index is 2.60. The van der Waals surface area contributed by atoms with Gasteiger partial charge in [-0.2, -0.15) is 0 Å². The van der Waals surface area contributed by atoms with Gasteiger partial charge in [0.25, 0.3) is 0 Å². The molecule has 0 aromatic heterocycles. The Kier molecular flexibility index (Phi) is 2.82. The number of nitrogens with one attached hydrogen (secondary N) is 1. The van der Waals surface area contributed by atoms with E-state index >= 15 is 0 Å². The largest absolute Gasteiger partial charge is 0.478 e. The van der Waals surface area contributed by atoms with Crippen molar-refractivity contribution in [3.05, 3.63) is 17.2 Å². The van der Waals surface area contributed by atoms with Gasteiger partial charge in [-0.3, -0.25) is 0 Å². The zero-order valence-corrected chi connectivity index (χ0v) is 10.8. The van der Waals surface area contributed by atoms with Gasteiger partial charge in [0.05, 0.1) is 22.6 Å².